The highest BCUT2D eigenvalue weighted by Crippen LogP contribution is 2.35. The molecule has 138 valence electrons. The minimum absolute atomic E-state index is 0.113. The quantitative estimate of drug-likeness (QED) is 0.613. The number of carbonyl (C=O) groups excluding carboxylic acids is 2. The molecule has 0 radical (unpaired) electrons. The second kappa shape index (κ2) is 7.84. The van der Waals surface area contributed by atoms with Crippen LogP contribution in [-0.4, -0.2) is 35.4 Å². The number of ketones is 1. The van der Waals surface area contributed by atoms with Crippen LogP contribution in [0.2, 0.25) is 0 Å². The van der Waals surface area contributed by atoms with Crippen LogP contribution in [0, 0.1) is 11.8 Å². The monoisotopic (exact) mass is 351 g/mol. The van der Waals surface area contributed by atoms with Gasteiger partial charge in [-0.3, -0.25) is 9.59 Å². The Morgan fingerprint density at radius 2 is 1.92 bits per heavy atom. The number of benzene rings is 1. The van der Waals surface area contributed by atoms with Gasteiger partial charge in [0, 0.05) is 12.8 Å². The van der Waals surface area contributed by atoms with Crippen molar-refractivity contribution in [2.45, 2.75) is 52.8 Å². The molecule has 2 rings (SSSR count). The first-order chi connectivity index (χ1) is 11.7. The molecule has 5 atom stereocenters. The van der Waals surface area contributed by atoms with E-state index in [0.717, 1.165) is 0 Å². The molecule has 1 aromatic rings. The standard InChI is InChI=1S/C18H25NO6/c1-9-10(2)17(23-12(4)22)18(25-16(9)11(3)21)24-15-6-5-13(8-20)7-14(15)19/h5-7,9-10,16-18,20H,8,19H2,1-4H3/t9-,10-,16-,17+,18+/m0/s1. The van der Waals surface area contributed by atoms with Crippen LogP contribution in [-0.2, 0) is 25.7 Å². The van der Waals surface area contributed by atoms with Crippen LogP contribution < -0.4 is 10.5 Å². The maximum Gasteiger partial charge on any atom is 0.303 e. The highest BCUT2D eigenvalue weighted by Gasteiger charge is 2.46. The zero-order valence-corrected chi connectivity index (χ0v) is 14.9. The van der Waals surface area contributed by atoms with Crippen LogP contribution >= 0.6 is 0 Å². The van der Waals surface area contributed by atoms with Crippen molar-refractivity contribution < 1.29 is 28.9 Å². The molecule has 7 heteroatoms. The van der Waals surface area contributed by atoms with E-state index in [1.165, 1.54) is 13.8 Å². The van der Waals surface area contributed by atoms with E-state index in [-0.39, 0.29) is 24.2 Å². The molecular formula is C18H25NO6. The third-order valence-electron chi connectivity index (χ3n) is 4.58. The average molecular weight is 351 g/mol. The summed E-state index contributed by atoms with van der Waals surface area (Å²) >= 11 is 0. The van der Waals surface area contributed by atoms with E-state index < -0.39 is 24.5 Å². The Labute approximate surface area is 147 Å². The van der Waals surface area contributed by atoms with Gasteiger partial charge in [0.25, 0.3) is 0 Å². The summed E-state index contributed by atoms with van der Waals surface area (Å²) in [5.41, 5.74) is 6.92. The zero-order chi connectivity index (χ0) is 18.7. The van der Waals surface area contributed by atoms with Crippen LogP contribution in [0.3, 0.4) is 0 Å². The topological polar surface area (TPSA) is 108 Å². The Hall–Kier alpha value is -2.12. The first-order valence-electron chi connectivity index (χ1n) is 8.23. The maximum absolute atomic E-state index is 11.9. The third-order valence-corrected chi connectivity index (χ3v) is 4.58. The Balaban J connectivity index is 2.29. The third kappa shape index (κ3) is 4.29. The highest BCUT2D eigenvalue weighted by molar-refractivity contribution is 5.81. The molecule has 3 N–H and O–H groups in total. The Bertz CT molecular complexity index is 646. The van der Waals surface area contributed by atoms with Crippen LogP contribution in [0.15, 0.2) is 18.2 Å². The van der Waals surface area contributed by atoms with Crippen LogP contribution in [0.4, 0.5) is 5.69 Å². The Kier molecular flexibility index (Phi) is 6.02. The molecule has 7 nitrogen and oxygen atoms in total. The number of carbonyl (C=O) groups is 2. The summed E-state index contributed by atoms with van der Waals surface area (Å²) in [4.78, 5) is 23.4. The van der Waals surface area contributed by atoms with Gasteiger partial charge in [0.2, 0.25) is 6.29 Å². The van der Waals surface area contributed by atoms with E-state index >= 15 is 0 Å². The number of anilines is 1. The van der Waals surface area contributed by atoms with Gasteiger partial charge in [-0.2, -0.15) is 0 Å². The van der Waals surface area contributed by atoms with E-state index in [2.05, 4.69) is 0 Å². The minimum Gasteiger partial charge on any atom is -0.459 e. The predicted octanol–water partition coefficient (Wildman–Crippen LogP) is 1.66. The lowest BCUT2D eigenvalue weighted by molar-refractivity contribution is -0.241. The van der Waals surface area contributed by atoms with Gasteiger partial charge in [-0.15, -0.1) is 0 Å². The average Bonchev–Trinajstić information content (AvgIpc) is 2.55. The van der Waals surface area contributed by atoms with Gasteiger partial charge < -0.3 is 25.1 Å². The molecule has 0 spiro atoms. The second-order valence-corrected chi connectivity index (χ2v) is 6.48. The predicted molar refractivity (Wildman–Crippen MR) is 90.6 cm³/mol. The van der Waals surface area contributed by atoms with Crippen molar-refractivity contribution in [2.24, 2.45) is 11.8 Å². The molecule has 1 aliphatic heterocycles. The fraction of sp³-hybridized carbons (Fsp3) is 0.556. The van der Waals surface area contributed by atoms with Crippen LogP contribution in [0.5, 0.6) is 5.75 Å². The number of hydrogen-bond acceptors (Lipinski definition) is 7. The number of aliphatic hydroxyl groups excluding tert-OH is 1. The molecule has 0 amide bonds. The normalized spacial score (nSPS) is 29.1. The van der Waals surface area contributed by atoms with Gasteiger partial charge in [0.1, 0.15) is 11.9 Å². The first kappa shape index (κ1) is 19.2. The molecule has 0 aliphatic carbocycles. The summed E-state index contributed by atoms with van der Waals surface area (Å²) < 4.78 is 17.0. The van der Waals surface area contributed by atoms with E-state index in [0.29, 0.717) is 17.0 Å². The van der Waals surface area contributed by atoms with Gasteiger partial charge in [-0.25, -0.2) is 0 Å². The van der Waals surface area contributed by atoms with Crippen LogP contribution in [0.25, 0.3) is 0 Å². The van der Waals surface area contributed by atoms with Crippen molar-refractivity contribution in [3.63, 3.8) is 0 Å². The first-order valence-corrected chi connectivity index (χ1v) is 8.23. The van der Waals surface area contributed by atoms with Gasteiger partial charge in [-0.05, 0) is 30.5 Å². The molecular weight excluding hydrogens is 326 g/mol. The summed E-state index contributed by atoms with van der Waals surface area (Å²) in [6.45, 7) is 6.41. The van der Waals surface area contributed by atoms with Crippen molar-refractivity contribution in [3.8, 4) is 5.75 Å². The van der Waals surface area contributed by atoms with Crippen molar-refractivity contribution in [2.75, 3.05) is 5.73 Å². The van der Waals surface area contributed by atoms with Crippen molar-refractivity contribution in [1.82, 2.24) is 0 Å². The fourth-order valence-electron chi connectivity index (χ4n) is 3.01. The summed E-state index contributed by atoms with van der Waals surface area (Å²) in [5.74, 6) is -0.502. The minimum atomic E-state index is -0.953. The number of aliphatic hydroxyl groups is 1. The van der Waals surface area contributed by atoms with E-state index in [9.17, 15) is 9.59 Å². The van der Waals surface area contributed by atoms with Gasteiger partial charge in [-0.1, -0.05) is 19.9 Å². The van der Waals surface area contributed by atoms with Crippen molar-refractivity contribution >= 4 is 17.4 Å². The number of Topliss-reactive ketones (excluding diaryl/α,β-unsaturated/α-hetero) is 1. The molecule has 0 unspecified atom stereocenters. The molecule has 25 heavy (non-hydrogen) atoms. The van der Waals surface area contributed by atoms with Crippen LogP contribution in [0.1, 0.15) is 33.3 Å². The zero-order valence-electron chi connectivity index (χ0n) is 14.9. The number of rotatable bonds is 5. The molecule has 0 saturated carbocycles. The van der Waals surface area contributed by atoms with E-state index in [4.69, 9.17) is 25.1 Å². The largest absolute Gasteiger partial charge is 0.459 e. The molecule has 0 bridgehead atoms. The summed E-state index contributed by atoms with van der Waals surface area (Å²) in [6.07, 6.45) is -2.27. The summed E-state index contributed by atoms with van der Waals surface area (Å²) in [6, 6.07) is 4.87. The maximum atomic E-state index is 11.9. The molecule has 1 heterocycles. The van der Waals surface area contributed by atoms with Gasteiger partial charge in [0.15, 0.2) is 11.9 Å². The number of hydrogen-bond donors (Lipinski definition) is 2. The molecule has 1 aliphatic rings. The molecule has 1 fully saturated rings. The van der Waals surface area contributed by atoms with Crippen molar-refractivity contribution in [1.29, 1.82) is 0 Å². The highest BCUT2D eigenvalue weighted by atomic mass is 16.7. The SMILES string of the molecule is CC(=O)O[C@H]1[C@H](Oc2ccc(CO)cc2N)O[C@H](C(C)=O)[C@@H](C)[C@@H]1C. The molecule has 1 aromatic carbocycles. The number of nitrogens with two attached hydrogens (primary N) is 1. The van der Waals surface area contributed by atoms with Gasteiger partial charge in [0.05, 0.1) is 12.3 Å². The van der Waals surface area contributed by atoms with Gasteiger partial charge >= 0.3 is 5.97 Å². The Morgan fingerprint density at radius 3 is 2.44 bits per heavy atom. The summed E-state index contributed by atoms with van der Waals surface area (Å²) in [5, 5.41) is 9.16. The fourth-order valence-corrected chi connectivity index (χ4v) is 3.01. The number of esters is 1. The molecule has 0 aromatic heterocycles. The lowest BCUT2D eigenvalue weighted by Crippen LogP contribution is -2.55. The number of nitrogen functional groups attached to an aromatic ring is 1. The lowest BCUT2D eigenvalue weighted by Gasteiger charge is -2.42. The smallest absolute Gasteiger partial charge is 0.303 e. The Morgan fingerprint density at radius 1 is 1.24 bits per heavy atom. The van der Waals surface area contributed by atoms with E-state index in [1.54, 1.807) is 18.2 Å². The number of ether oxygens (including phenoxy) is 3. The molecule has 1 saturated heterocycles. The lowest BCUT2D eigenvalue weighted by atomic mass is 9.82. The van der Waals surface area contributed by atoms with E-state index in [1.807, 2.05) is 13.8 Å². The van der Waals surface area contributed by atoms with Crippen molar-refractivity contribution in [3.05, 3.63) is 23.8 Å². The second-order valence-electron chi connectivity index (χ2n) is 6.48. The summed E-state index contributed by atoms with van der Waals surface area (Å²) in [7, 11) is 0.